The first kappa shape index (κ1) is 20.0. The smallest absolute Gasteiger partial charge is 0.326 e. The summed E-state index contributed by atoms with van der Waals surface area (Å²) in [6.07, 6.45) is -0.579. The lowest BCUT2D eigenvalue weighted by Gasteiger charge is -2.41. The van der Waals surface area contributed by atoms with Crippen LogP contribution in [0.5, 0.6) is 0 Å². The fourth-order valence-corrected chi connectivity index (χ4v) is 3.93. The number of hydrogen-bond donors (Lipinski definition) is 2. The summed E-state index contributed by atoms with van der Waals surface area (Å²) in [5, 5.41) is 10.8. The first-order chi connectivity index (χ1) is 13.4. The summed E-state index contributed by atoms with van der Waals surface area (Å²) in [5.41, 5.74) is 2.49. The number of carbonyl (C=O) groups excluding carboxylic acids is 2. The predicted octanol–water partition coefficient (Wildman–Crippen LogP) is 2.04. The Balaban J connectivity index is 2.15. The minimum absolute atomic E-state index is 0.166. The molecule has 1 aliphatic rings. The molecule has 2 N–H and O–H groups in total. The largest absolute Gasteiger partial charge is 0.480 e. The number of aromatic nitrogens is 1. The van der Waals surface area contributed by atoms with Crippen molar-refractivity contribution >= 4 is 28.6 Å². The molecule has 1 aromatic carbocycles. The number of nitrogens with one attached hydrogen (secondary N) is 1. The van der Waals surface area contributed by atoms with Crippen LogP contribution in [0.1, 0.15) is 37.1 Å². The van der Waals surface area contributed by atoms with Gasteiger partial charge >= 0.3 is 5.97 Å². The third-order valence-corrected chi connectivity index (χ3v) is 5.16. The number of aromatic amines is 1. The zero-order chi connectivity index (χ0) is 20.4. The van der Waals surface area contributed by atoms with Gasteiger partial charge in [-0.1, -0.05) is 18.2 Å². The summed E-state index contributed by atoms with van der Waals surface area (Å²) < 4.78 is 10.6. The normalized spacial score (nSPS) is 19.1. The van der Waals surface area contributed by atoms with E-state index in [0.29, 0.717) is 0 Å². The van der Waals surface area contributed by atoms with E-state index in [4.69, 9.17) is 9.47 Å². The van der Waals surface area contributed by atoms with Crippen LogP contribution in [0.2, 0.25) is 0 Å². The summed E-state index contributed by atoms with van der Waals surface area (Å²) in [6, 6.07) is 5.93. The molecule has 3 rings (SSSR count). The van der Waals surface area contributed by atoms with Gasteiger partial charge in [-0.3, -0.25) is 9.59 Å². The molecule has 150 valence electrons. The van der Waals surface area contributed by atoms with Gasteiger partial charge < -0.3 is 24.5 Å². The van der Waals surface area contributed by atoms with Crippen LogP contribution in [0.4, 0.5) is 0 Å². The summed E-state index contributed by atoms with van der Waals surface area (Å²) in [4.78, 5) is 41.1. The van der Waals surface area contributed by atoms with Gasteiger partial charge in [0.25, 0.3) is 0 Å². The Morgan fingerprint density at radius 3 is 2.54 bits per heavy atom. The number of carbonyl (C=O) groups is 3. The zero-order valence-electron chi connectivity index (χ0n) is 16.1. The molecule has 8 nitrogen and oxygen atoms in total. The second kappa shape index (κ2) is 8.12. The number of amides is 1. The van der Waals surface area contributed by atoms with E-state index in [1.807, 2.05) is 24.3 Å². The highest BCUT2D eigenvalue weighted by atomic mass is 16.7. The molecule has 0 saturated carbocycles. The lowest BCUT2D eigenvalue weighted by atomic mass is 9.89. The van der Waals surface area contributed by atoms with E-state index >= 15 is 0 Å². The molecular weight excluding hydrogens is 364 g/mol. The number of ether oxygens (including phenoxy) is 2. The molecule has 1 amide bonds. The van der Waals surface area contributed by atoms with Crippen LogP contribution in [0.25, 0.3) is 10.9 Å². The van der Waals surface area contributed by atoms with Crippen LogP contribution >= 0.6 is 0 Å². The van der Waals surface area contributed by atoms with Crippen molar-refractivity contribution in [3.8, 4) is 0 Å². The van der Waals surface area contributed by atoms with Gasteiger partial charge in [0.2, 0.25) is 5.91 Å². The molecule has 0 bridgehead atoms. The van der Waals surface area contributed by atoms with Gasteiger partial charge in [0, 0.05) is 43.7 Å². The van der Waals surface area contributed by atoms with E-state index in [2.05, 4.69) is 4.98 Å². The summed E-state index contributed by atoms with van der Waals surface area (Å²) in [6.45, 7) is 1.31. The maximum atomic E-state index is 12.9. The highest BCUT2D eigenvalue weighted by Gasteiger charge is 2.43. The summed E-state index contributed by atoms with van der Waals surface area (Å²) >= 11 is 0. The van der Waals surface area contributed by atoms with Gasteiger partial charge in [-0.05, 0) is 18.6 Å². The number of fused-ring (bicyclic) bond motifs is 3. The van der Waals surface area contributed by atoms with Gasteiger partial charge in [0.05, 0.1) is 12.5 Å². The van der Waals surface area contributed by atoms with Gasteiger partial charge in [-0.2, -0.15) is 0 Å². The Morgan fingerprint density at radius 2 is 1.93 bits per heavy atom. The Hall–Kier alpha value is -2.71. The molecule has 0 fully saturated rings. The molecule has 1 unspecified atom stereocenters. The third-order valence-electron chi connectivity index (χ3n) is 5.16. The van der Waals surface area contributed by atoms with E-state index in [1.54, 1.807) is 0 Å². The molecule has 0 saturated heterocycles. The molecule has 2 aromatic rings. The van der Waals surface area contributed by atoms with E-state index < -0.39 is 30.3 Å². The SMILES string of the molecule is COC(CC1c2[nH]c3ccccc3c2C[C@@H](C(=O)O)N1C(=O)CC(C)=O)OC. The van der Waals surface area contributed by atoms with Gasteiger partial charge in [-0.25, -0.2) is 4.79 Å². The second-order valence-electron chi connectivity index (χ2n) is 6.95. The molecular formula is C20H24N2O6. The monoisotopic (exact) mass is 388 g/mol. The van der Waals surface area contributed by atoms with Crippen molar-refractivity contribution in [2.45, 2.75) is 44.6 Å². The molecule has 2 heterocycles. The summed E-state index contributed by atoms with van der Waals surface area (Å²) in [7, 11) is 2.97. The maximum absolute atomic E-state index is 12.9. The maximum Gasteiger partial charge on any atom is 0.326 e. The van der Waals surface area contributed by atoms with Crippen LogP contribution < -0.4 is 0 Å². The van der Waals surface area contributed by atoms with Crippen molar-refractivity contribution in [1.82, 2.24) is 9.88 Å². The second-order valence-corrected chi connectivity index (χ2v) is 6.95. The van der Waals surface area contributed by atoms with E-state index in [-0.39, 0.29) is 25.0 Å². The average molecular weight is 388 g/mol. The first-order valence-corrected chi connectivity index (χ1v) is 9.05. The minimum atomic E-state index is -1.11. The molecule has 8 heteroatoms. The standard InChI is InChI=1S/C20H24N2O6/c1-11(23)8-17(24)22-15(10-18(27-2)28-3)19-13(9-16(22)20(25)26)12-6-4-5-7-14(12)21-19/h4-7,15-16,18,21H,8-10H2,1-3H3,(H,25,26)/t15?,16-/m0/s1. The third kappa shape index (κ3) is 3.65. The fraction of sp³-hybridized carbons (Fsp3) is 0.450. The number of rotatable bonds is 7. The number of H-pyrrole nitrogens is 1. The van der Waals surface area contributed by atoms with Gasteiger partial charge in [0.15, 0.2) is 6.29 Å². The lowest BCUT2D eigenvalue weighted by molar-refractivity contribution is -0.159. The van der Waals surface area contributed by atoms with Crippen molar-refractivity contribution < 1.29 is 29.0 Å². The molecule has 0 radical (unpaired) electrons. The summed E-state index contributed by atoms with van der Waals surface area (Å²) in [5.74, 6) is -1.94. The Morgan fingerprint density at radius 1 is 1.25 bits per heavy atom. The van der Waals surface area contributed by atoms with Crippen molar-refractivity contribution in [3.63, 3.8) is 0 Å². The van der Waals surface area contributed by atoms with Crippen molar-refractivity contribution in [1.29, 1.82) is 0 Å². The molecule has 1 aromatic heterocycles. The van der Waals surface area contributed by atoms with Crippen LogP contribution in [-0.4, -0.2) is 59.2 Å². The number of carboxylic acid groups (broad SMARTS) is 1. The molecule has 1 aliphatic heterocycles. The van der Waals surface area contributed by atoms with Crippen molar-refractivity contribution in [3.05, 3.63) is 35.5 Å². The number of para-hydroxylation sites is 1. The van der Waals surface area contributed by atoms with Crippen LogP contribution in [0, 0.1) is 0 Å². The number of methoxy groups -OCH3 is 2. The minimum Gasteiger partial charge on any atom is -0.480 e. The van der Waals surface area contributed by atoms with Crippen LogP contribution in [-0.2, 0) is 30.3 Å². The van der Waals surface area contributed by atoms with Gasteiger partial charge in [0.1, 0.15) is 11.8 Å². The fourth-order valence-electron chi connectivity index (χ4n) is 3.93. The number of nitrogens with zero attached hydrogens (tertiary/aromatic N) is 1. The van der Waals surface area contributed by atoms with E-state index in [1.165, 1.54) is 26.0 Å². The number of benzene rings is 1. The number of carboxylic acids is 1. The Labute approximate surface area is 162 Å². The lowest BCUT2D eigenvalue weighted by Crippen LogP contribution is -2.52. The van der Waals surface area contributed by atoms with Crippen molar-refractivity contribution in [2.75, 3.05) is 14.2 Å². The average Bonchev–Trinajstić information content (AvgIpc) is 3.03. The number of aliphatic carboxylic acids is 1. The molecule has 0 aliphatic carbocycles. The highest BCUT2D eigenvalue weighted by Crippen LogP contribution is 2.40. The van der Waals surface area contributed by atoms with Crippen molar-refractivity contribution in [2.24, 2.45) is 0 Å². The van der Waals surface area contributed by atoms with Crippen LogP contribution in [0.15, 0.2) is 24.3 Å². The highest BCUT2D eigenvalue weighted by molar-refractivity contribution is 5.99. The first-order valence-electron chi connectivity index (χ1n) is 9.05. The molecule has 0 spiro atoms. The predicted molar refractivity (Wildman–Crippen MR) is 101 cm³/mol. The number of Topliss-reactive ketones (excluding diaryl/α,β-unsaturated/α-hetero) is 1. The number of ketones is 1. The Bertz CT molecular complexity index is 901. The zero-order valence-corrected chi connectivity index (χ0v) is 16.1. The van der Waals surface area contributed by atoms with E-state index in [9.17, 15) is 19.5 Å². The molecule has 2 atom stereocenters. The number of hydrogen-bond acceptors (Lipinski definition) is 5. The topological polar surface area (TPSA) is 109 Å². The quantitative estimate of drug-likeness (QED) is 0.555. The van der Waals surface area contributed by atoms with Crippen LogP contribution in [0.3, 0.4) is 0 Å². The van der Waals surface area contributed by atoms with E-state index in [0.717, 1.165) is 22.2 Å². The Kier molecular flexibility index (Phi) is 5.81. The molecule has 28 heavy (non-hydrogen) atoms. The van der Waals surface area contributed by atoms with Gasteiger partial charge in [-0.15, -0.1) is 0 Å².